The maximum atomic E-state index is 11.4. The smallest absolute Gasteiger partial charge is 0.215 e. The molecule has 0 heterocycles. The molecule has 0 aliphatic rings. The number of hydrogen-bond donors (Lipinski definition) is 1. The van der Waals surface area contributed by atoms with Gasteiger partial charge in [-0.05, 0) is 0 Å². The number of methoxy groups -OCH3 is 1. The molecular formula is C7H16ClNO4S. The summed E-state index contributed by atoms with van der Waals surface area (Å²) < 4.78 is 28.5. The van der Waals surface area contributed by atoms with Gasteiger partial charge in [0.2, 0.25) is 10.0 Å². The first-order chi connectivity index (χ1) is 6.44. The average molecular weight is 246 g/mol. The van der Waals surface area contributed by atoms with E-state index in [4.69, 9.17) is 11.6 Å². The second-order valence-electron chi connectivity index (χ2n) is 2.89. The van der Waals surface area contributed by atoms with Gasteiger partial charge in [-0.1, -0.05) is 0 Å². The zero-order valence-electron chi connectivity index (χ0n) is 8.31. The highest BCUT2D eigenvalue weighted by molar-refractivity contribution is 7.89. The number of aliphatic hydroxyl groups excluding tert-OH is 1. The molecule has 0 radical (unpaired) electrons. The summed E-state index contributed by atoms with van der Waals surface area (Å²) >= 11 is 5.33. The number of likely N-dealkylation sites (N-methyl/N-ethyl adjacent to an activating group) is 1. The first-order valence-corrected chi connectivity index (χ1v) is 6.25. The van der Waals surface area contributed by atoms with E-state index in [0.717, 1.165) is 4.31 Å². The topological polar surface area (TPSA) is 66.8 Å². The predicted molar refractivity (Wildman–Crippen MR) is 55.0 cm³/mol. The maximum absolute atomic E-state index is 11.4. The standard InChI is InChI=1S/C7H16ClNO4S/c1-9(5-7(10)6-13-2)14(11,12)4-3-8/h7,10H,3-6H2,1-2H3. The molecule has 0 aromatic heterocycles. The zero-order chi connectivity index (χ0) is 11.2. The van der Waals surface area contributed by atoms with Crippen LogP contribution in [0.3, 0.4) is 0 Å². The quantitative estimate of drug-likeness (QED) is 0.614. The minimum Gasteiger partial charge on any atom is -0.389 e. The third-order valence-corrected chi connectivity index (χ3v) is 3.87. The lowest BCUT2D eigenvalue weighted by atomic mass is 10.4. The van der Waals surface area contributed by atoms with Crippen molar-refractivity contribution < 1.29 is 18.3 Å². The lowest BCUT2D eigenvalue weighted by Gasteiger charge is -2.19. The lowest BCUT2D eigenvalue weighted by molar-refractivity contribution is 0.0554. The molecule has 1 atom stereocenters. The molecular weight excluding hydrogens is 230 g/mol. The monoisotopic (exact) mass is 245 g/mol. The molecule has 0 aliphatic heterocycles. The number of alkyl halides is 1. The van der Waals surface area contributed by atoms with Crippen LogP contribution in [0.25, 0.3) is 0 Å². The third-order valence-electron chi connectivity index (χ3n) is 1.64. The average Bonchev–Trinajstić information content (AvgIpc) is 2.04. The summed E-state index contributed by atoms with van der Waals surface area (Å²) in [5, 5.41) is 9.29. The van der Waals surface area contributed by atoms with Crippen LogP contribution in [0.15, 0.2) is 0 Å². The van der Waals surface area contributed by atoms with Crippen molar-refractivity contribution in [2.75, 3.05) is 38.9 Å². The van der Waals surface area contributed by atoms with Crippen LogP contribution in [0.4, 0.5) is 0 Å². The fourth-order valence-electron chi connectivity index (χ4n) is 0.909. The Morgan fingerprint density at radius 2 is 2.14 bits per heavy atom. The number of ether oxygens (including phenoxy) is 1. The van der Waals surface area contributed by atoms with Gasteiger partial charge in [-0.25, -0.2) is 12.7 Å². The van der Waals surface area contributed by atoms with E-state index in [1.807, 2.05) is 0 Å². The predicted octanol–water partition coefficient (Wildman–Crippen LogP) is -0.506. The van der Waals surface area contributed by atoms with Gasteiger partial charge in [0.15, 0.2) is 0 Å². The van der Waals surface area contributed by atoms with E-state index in [1.54, 1.807) is 0 Å². The Hall–Kier alpha value is 0.120. The molecule has 14 heavy (non-hydrogen) atoms. The minimum absolute atomic E-state index is 0.0209. The molecule has 1 N–H and O–H groups in total. The molecule has 86 valence electrons. The van der Waals surface area contributed by atoms with Crippen LogP contribution < -0.4 is 0 Å². The van der Waals surface area contributed by atoms with Gasteiger partial charge in [-0.3, -0.25) is 0 Å². The number of rotatable bonds is 7. The van der Waals surface area contributed by atoms with Crippen molar-refractivity contribution in [1.29, 1.82) is 0 Å². The van der Waals surface area contributed by atoms with Crippen LogP contribution in [-0.2, 0) is 14.8 Å². The van der Waals surface area contributed by atoms with E-state index >= 15 is 0 Å². The van der Waals surface area contributed by atoms with Gasteiger partial charge < -0.3 is 9.84 Å². The Balaban J connectivity index is 4.12. The molecule has 0 aromatic rings. The lowest BCUT2D eigenvalue weighted by Crippen LogP contribution is -2.37. The summed E-state index contributed by atoms with van der Waals surface area (Å²) in [5.74, 6) is -0.0716. The van der Waals surface area contributed by atoms with Crippen LogP contribution in [0.5, 0.6) is 0 Å². The van der Waals surface area contributed by atoms with E-state index in [1.165, 1.54) is 14.2 Å². The number of hydrogen-bond acceptors (Lipinski definition) is 4. The van der Waals surface area contributed by atoms with Gasteiger partial charge in [-0.2, -0.15) is 0 Å². The molecule has 0 rings (SSSR count). The highest BCUT2D eigenvalue weighted by Crippen LogP contribution is 2.01. The van der Waals surface area contributed by atoms with Crippen molar-refractivity contribution in [3.05, 3.63) is 0 Å². The molecule has 5 nitrogen and oxygen atoms in total. The van der Waals surface area contributed by atoms with E-state index in [0.29, 0.717) is 0 Å². The second-order valence-corrected chi connectivity index (χ2v) is 5.47. The highest BCUT2D eigenvalue weighted by atomic mass is 35.5. The summed E-state index contributed by atoms with van der Waals surface area (Å²) in [6, 6.07) is 0. The molecule has 0 spiro atoms. The van der Waals surface area contributed by atoms with Crippen LogP contribution in [0, 0.1) is 0 Å². The molecule has 0 amide bonds. The van der Waals surface area contributed by atoms with Crippen molar-refractivity contribution >= 4 is 21.6 Å². The van der Waals surface area contributed by atoms with Crippen LogP contribution in [-0.4, -0.2) is 62.9 Å². The Labute approximate surface area is 89.7 Å². The molecule has 7 heteroatoms. The summed E-state index contributed by atoms with van der Waals surface area (Å²) in [6.45, 7) is 0.133. The Morgan fingerprint density at radius 3 is 2.57 bits per heavy atom. The third kappa shape index (κ3) is 5.11. The van der Waals surface area contributed by atoms with Gasteiger partial charge in [0.1, 0.15) is 0 Å². The van der Waals surface area contributed by atoms with Crippen molar-refractivity contribution in [3.63, 3.8) is 0 Å². The van der Waals surface area contributed by atoms with E-state index in [-0.39, 0.29) is 24.8 Å². The summed E-state index contributed by atoms with van der Waals surface area (Å²) in [7, 11) is -0.493. The van der Waals surface area contributed by atoms with E-state index in [2.05, 4.69) is 4.74 Å². The Kier molecular flexibility index (Phi) is 6.63. The molecule has 0 aliphatic carbocycles. The first-order valence-electron chi connectivity index (χ1n) is 4.11. The summed E-state index contributed by atoms with van der Waals surface area (Å²) in [6.07, 6.45) is -0.810. The van der Waals surface area contributed by atoms with Gasteiger partial charge in [0.05, 0.1) is 18.5 Å². The number of halogens is 1. The fourth-order valence-corrected chi connectivity index (χ4v) is 2.40. The summed E-state index contributed by atoms with van der Waals surface area (Å²) in [4.78, 5) is 0. The fraction of sp³-hybridized carbons (Fsp3) is 1.00. The minimum atomic E-state index is -3.34. The highest BCUT2D eigenvalue weighted by Gasteiger charge is 2.19. The Morgan fingerprint density at radius 1 is 1.57 bits per heavy atom. The zero-order valence-corrected chi connectivity index (χ0v) is 9.88. The van der Waals surface area contributed by atoms with E-state index < -0.39 is 16.1 Å². The van der Waals surface area contributed by atoms with Gasteiger partial charge >= 0.3 is 0 Å². The molecule has 0 fully saturated rings. The van der Waals surface area contributed by atoms with Gasteiger partial charge in [0, 0.05) is 26.6 Å². The second kappa shape index (κ2) is 6.58. The largest absolute Gasteiger partial charge is 0.389 e. The number of aliphatic hydroxyl groups is 1. The maximum Gasteiger partial charge on any atom is 0.215 e. The van der Waals surface area contributed by atoms with Crippen molar-refractivity contribution in [2.45, 2.75) is 6.10 Å². The number of sulfonamides is 1. The Bertz CT molecular complexity index is 244. The van der Waals surface area contributed by atoms with Gasteiger partial charge in [0.25, 0.3) is 0 Å². The molecule has 0 bridgehead atoms. The number of nitrogens with zero attached hydrogens (tertiary/aromatic N) is 1. The van der Waals surface area contributed by atoms with Crippen molar-refractivity contribution in [3.8, 4) is 0 Å². The van der Waals surface area contributed by atoms with Crippen LogP contribution >= 0.6 is 11.6 Å². The molecule has 0 aromatic carbocycles. The van der Waals surface area contributed by atoms with Crippen molar-refractivity contribution in [1.82, 2.24) is 4.31 Å². The van der Waals surface area contributed by atoms with Crippen LogP contribution in [0.1, 0.15) is 0 Å². The van der Waals surface area contributed by atoms with Crippen LogP contribution in [0.2, 0.25) is 0 Å². The summed E-state index contributed by atoms with van der Waals surface area (Å²) in [5.41, 5.74) is 0. The SMILES string of the molecule is COCC(O)CN(C)S(=O)(=O)CCCl. The molecule has 1 unspecified atom stereocenters. The van der Waals surface area contributed by atoms with Gasteiger partial charge in [-0.15, -0.1) is 11.6 Å². The molecule has 0 saturated carbocycles. The first kappa shape index (κ1) is 14.1. The normalized spacial score (nSPS) is 14.6. The molecule has 0 saturated heterocycles. The van der Waals surface area contributed by atoms with E-state index in [9.17, 15) is 13.5 Å². The van der Waals surface area contributed by atoms with Crippen molar-refractivity contribution in [2.24, 2.45) is 0 Å².